The van der Waals surface area contributed by atoms with Crippen molar-refractivity contribution in [3.63, 3.8) is 0 Å². The minimum absolute atomic E-state index is 0.166. The van der Waals surface area contributed by atoms with Crippen LogP contribution in [-0.4, -0.2) is 68.6 Å². The molecule has 3 N–H and O–H groups in total. The molecule has 8 nitrogen and oxygen atoms in total. The van der Waals surface area contributed by atoms with Crippen LogP contribution in [0.2, 0.25) is 0 Å². The number of nitrogens with one attached hydrogen (secondary N) is 1. The number of nitrogens with two attached hydrogens (primary N) is 1. The fourth-order valence-electron chi connectivity index (χ4n) is 2.93. The first-order valence-corrected chi connectivity index (χ1v) is 9.75. The molecule has 1 saturated heterocycles. The highest BCUT2D eigenvalue weighted by Gasteiger charge is 2.33. The topological polar surface area (TPSA) is 106 Å². The Balaban J connectivity index is 1.90. The van der Waals surface area contributed by atoms with Gasteiger partial charge in [0.25, 0.3) is 5.91 Å². The Labute approximate surface area is 172 Å². The first-order chi connectivity index (χ1) is 13.6. The van der Waals surface area contributed by atoms with Gasteiger partial charge in [0.1, 0.15) is 5.60 Å². The summed E-state index contributed by atoms with van der Waals surface area (Å²) in [6, 6.07) is 3.53. The fourth-order valence-corrected chi connectivity index (χ4v) is 2.93. The predicted molar refractivity (Wildman–Crippen MR) is 114 cm³/mol. The quantitative estimate of drug-likeness (QED) is 0.412. The molecule has 0 bridgehead atoms. The smallest absolute Gasteiger partial charge is 0.410 e. The average molecular weight is 405 g/mol. The van der Waals surface area contributed by atoms with Gasteiger partial charge in [-0.05, 0) is 45.4 Å². The summed E-state index contributed by atoms with van der Waals surface area (Å²) in [4.78, 5) is 30.4. The van der Waals surface area contributed by atoms with E-state index in [4.69, 9.17) is 15.2 Å². The summed E-state index contributed by atoms with van der Waals surface area (Å²) in [5, 5.41) is 2.81. The van der Waals surface area contributed by atoms with Crippen LogP contribution in [0.4, 0.5) is 10.5 Å². The van der Waals surface area contributed by atoms with Gasteiger partial charge < -0.3 is 25.4 Å². The van der Waals surface area contributed by atoms with E-state index in [0.717, 1.165) is 5.56 Å². The number of ether oxygens (including phenoxy) is 2. The van der Waals surface area contributed by atoms with Crippen molar-refractivity contribution in [3.8, 4) is 0 Å². The number of amides is 2. The molecule has 1 fully saturated rings. The van der Waals surface area contributed by atoms with Crippen LogP contribution in [0.25, 0.3) is 0 Å². The van der Waals surface area contributed by atoms with Gasteiger partial charge in [-0.2, -0.15) is 0 Å². The van der Waals surface area contributed by atoms with Crippen molar-refractivity contribution in [3.05, 3.63) is 28.8 Å². The molecule has 0 unspecified atom stereocenters. The lowest BCUT2D eigenvalue weighted by atomic mass is 10.0. The zero-order valence-corrected chi connectivity index (χ0v) is 17.9. The van der Waals surface area contributed by atoms with Crippen LogP contribution in [0.5, 0.6) is 0 Å². The van der Waals surface area contributed by atoms with Crippen molar-refractivity contribution in [1.29, 1.82) is 0 Å². The molecule has 0 radical (unpaired) electrons. The number of hydrogen-bond acceptors (Lipinski definition) is 6. The summed E-state index contributed by atoms with van der Waals surface area (Å²) >= 11 is 0. The van der Waals surface area contributed by atoms with Crippen molar-refractivity contribution in [2.45, 2.75) is 33.3 Å². The van der Waals surface area contributed by atoms with Gasteiger partial charge in [0.15, 0.2) is 0 Å². The standard InChI is InChI=1S/C21H32N4O4/c1-14-8-18(22)16(9-17(14)19(26)24-6-7-28-5)11-23-10-15-12-25(13-15)20(27)29-21(2,3)4/h8-9,11,15H,6-7,10,12-13,22H2,1-5H3,(H,24,26). The number of carbonyl (C=O) groups excluding carboxylic acids is 2. The molecule has 2 amide bonds. The molecular weight excluding hydrogens is 372 g/mol. The van der Waals surface area contributed by atoms with Crippen molar-refractivity contribution >= 4 is 23.9 Å². The second-order valence-electron chi connectivity index (χ2n) is 8.29. The van der Waals surface area contributed by atoms with E-state index in [1.807, 2.05) is 27.7 Å². The second-order valence-corrected chi connectivity index (χ2v) is 8.29. The normalized spacial score (nSPS) is 14.7. The number of aliphatic imine (C=N–C) groups is 1. The molecule has 0 atom stereocenters. The molecule has 1 aromatic carbocycles. The Morgan fingerprint density at radius 2 is 2.03 bits per heavy atom. The largest absolute Gasteiger partial charge is 0.444 e. The summed E-state index contributed by atoms with van der Waals surface area (Å²) in [7, 11) is 1.59. The minimum atomic E-state index is -0.489. The number of anilines is 1. The number of aryl methyl sites for hydroxylation is 1. The van der Waals surface area contributed by atoms with Gasteiger partial charge in [0.05, 0.1) is 6.61 Å². The molecule has 8 heteroatoms. The van der Waals surface area contributed by atoms with E-state index in [9.17, 15) is 9.59 Å². The predicted octanol–water partition coefficient (Wildman–Crippen LogP) is 2.24. The molecule has 1 heterocycles. The zero-order chi connectivity index (χ0) is 21.6. The summed E-state index contributed by atoms with van der Waals surface area (Å²) in [5.74, 6) is 0.128. The number of carbonyl (C=O) groups is 2. The highest BCUT2D eigenvalue weighted by Crippen LogP contribution is 2.21. The Hall–Kier alpha value is -2.61. The number of hydrogen-bond donors (Lipinski definition) is 2. The molecule has 0 spiro atoms. The van der Waals surface area contributed by atoms with E-state index in [-0.39, 0.29) is 12.0 Å². The Kier molecular flexibility index (Phi) is 7.61. The lowest BCUT2D eigenvalue weighted by Crippen LogP contribution is -2.52. The maximum atomic E-state index is 12.3. The van der Waals surface area contributed by atoms with E-state index < -0.39 is 5.60 Å². The first kappa shape index (κ1) is 22.7. The van der Waals surface area contributed by atoms with E-state index >= 15 is 0 Å². The number of nitrogen functional groups attached to an aromatic ring is 1. The Morgan fingerprint density at radius 3 is 2.66 bits per heavy atom. The molecule has 29 heavy (non-hydrogen) atoms. The average Bonchev–Trinajstić information content (AvgIpc) is 2.56. The molecule has 0 aliphatic carbocycles. The van der Waals surface area contributed by atoms with E-state index in [2.05, 4.69) is 10.3 Å². The summed E-state index contributed by atoms with van der Waals surface area (Å²) in [5.41, 5.74) is 8.24. The lowest BCUT2D eigenvalue weighted by molar-refractivity contribution is 0.000409. The SMILES string of the molecule is COCCNC(=O)c1cc(C=NCC2CN(C(=O)OC(C)(C)C)C2)c(N)cc1C. The van der Waals surface area contributed by atoms with Crippen LogP contribution < -0.4 is 11.1 Å². The number of benzene rings is 1. The third-order valence-electron chi connectivity index (χ3n) is 4.47. The van der Waals surface area contributed by atoms with Crippen molar-refractivity contribution in [2.75, 3.05) is 45.6 Å². The van der Waals surface area contributed by atoms with Crippen molar-refractivity contribution in [1.82, 2.24) is 10.2 Å². The second kappa shape index (κ2) is 9.73. The minimum Gasteiger partial charge on any atom is -0.444 e. The molecule has 160 valence electrons. The van der Waals surface area contributed by atoms with Crippen LogP contribution in [0, 0.1) is 12.8 Å². The first-order valence-electron chi connectivity index (χ1n) is 9.75. The number of methoxy groups -OCH3 is 1. The number of likely N-dealkylation sites (tertiary alicyclic amines) is 1. The van der Waals surface area contributed by atoms with Crippen molar-refractivity contribution < 1.29 is 19.1 Å². The van der Waals surface area contributed by atoms with Crippen LogP contribution in [0.3, 0.4) is 0 Å². The van der Waals surface area contributed by atoms with Gasteiger partial charge in [-0.3, -0.25) is 9.79 Å². The fraction of sp³-hybridized carbons (Fsp3) is 0.571. The van der Waals surface area contributed by atoms with Crippen LogP contribution in [-0.2, 0) is 9.47 Å². The van der Waals surface area contributed by atoms with Crippen LogP contribution >= 0.6 is 0 Å². The molecule has 1 aromatic rings. The number of nitrogens with zero attached hydrogens (tertiary/aromatic N) is 2. The van der Waals surface area contributed by atoms with Gasteiger partial charge in [-0.25, -0.2) is 4.79 Å². The number of rotatable bonds is 7. The van der Waals surface area contributed by atoms with Gasteiger partial charge in [0.2, 0.25) is 0 Å². The highest BCUT2D eigenvalue weighted by atomic mass is 16.6. The van der Waals surface area contributed by atoms with E-state index in [0.29, 0.717) is 55.5 Å². The van der Waals surface area contributed by atoms with Gasteiger partial charge in [-0.15, -0.1) is 0 Å². The molecule has 1 aliphatic heterocycles. The zero-order valence-electron chi connectivity index (χ0n) is 17.9. The molecule has 1 aliphatic rings. The highest BCUT2D eigenvalue weighted by molar-refractivity contribution is 5.99. The van der Waals surface area contributed by atoms with Crippen LogP contribution in [0.1, 0.15) is 42.3 Å². The van der Waals surface area contributed by atoms with Gasteiger partial charge >= 0.3 is 6.09 Å². The van der Waals surface area contributed by atoms with Crippen molar-refractivity contribution in [2.24, 2.45) is 10.9 Å². The third kappa shape index (κ3) is 6.74. The summed E-state index contributed by atoms with van der Waals surface area (Å²) in [6.45, 7) is 10.1. The van der Waals surface area contributed by atoms with Gasteiger partial charge in [0, 0.05) is 62.2 Å². The maximum Gasteiger partial charge on any atom is 0.410 e. The Bertz CT molecular complexity index is 765. The lowest BCUT2D eigenvalue weighted by Gasteiger charge is -2.39. The Morgan fingerprint density at radius 1 is 1.34 bits per heavy atom. The maximum absolute atomic E-state index is 12.3. The molecular formula is C21H32N4O4. The third-order valence-corrected chi connectivity index (χ3v) is 4.47. The molecule has 2 rings (SSSR count). The monoisotopic (exact) mass is 404 g/mol. The van der Waals surface area contributed by atoms with Gasteiger partial charge in [-0.1, -0.05) is 0 Å². The van der Waals surface area contributed by atoms with E-state index in [1.54, 1.807) is 30.4 Å². The molecule has 0 aromatic heterocycles. The summed E-state index contributed by atoms with van der Waals surface area (Å²) < 4.78 is 10.3. The van der Waals surface area contributed by atoms with E-state index in [1.165, 1.54) is 0 Å². The van der Waals surface area contributed by atoms with Crippen LogP contribution in [0.15, 0.2) is 17.1 Å². The molecule has 0 saturated carbocycles. The summed E-state index contributed by atoms with van der Waals surface area (Å²) in [6.07, 6.45) is 1.40.